The molecule has 0 N–H and O–H groups in total. The van der Waals surface area contributed by atoms with E-state index in [0.717, 1.165) is 5.69 Å². The normalized spacial score (nSPS) is 12.6. The van der Waals surface area contributed by atoms with Crippen LogP contribution in [0.1, 0.15) is 0 Å². The Labute approximate surface area is 348 Å². The largest absolute Gasteiger partial charge is 0.309 e. The van der Waals surface area contributed by atoms with Crippen LogP contribution in [0.25, 0.3) is 115 Å². The van der Waals surface area contributed by atoms with Crippen LogP contribution >= 0.6 is 11.8 Å². The van der Waals surface area contributed by atoms with Crippen molar-refractivity contribution in [2.24, 2.45) is 0 Å². The fourth-order valence-electron chi connectivity index (χ4n) is 10.4. The van der Waals surface area contributed by atoms with Gasteiger partial charge in [0.2, 0.25) is 0 Å². The lowest BCUT2D eigenvalue weighted by atomic mass is 10.0. The van der Waals surface area contributed by atoms with Crippen LogP contribution < -0.4 is 0 Å². The maximum absolute atomic E-state index is 2.56. The van der Waals surface area contributed by atoms with Crippen molar-refractivity contribution in [3.8, 4) is 28.2 Å². The van der Waals surface area contributed by atoms with Gasteiger partial charge in [-0.05, 0) is 98.5 Å². The summed E-state index contributed by atoms with van der Waals surface area (Å²) in [5, 5.41) is 13.9. The Bertz CT molecular complexity index is 3990. The molecule has 0 atom stereocenters. The molecule has 4 heterocycles. The van der Waals surface area contributed by atoms with E-state index in [9.17, 15) is 0 Å². The molecule has 0 bridgehead atoms. The van der Waals surface area contributed by atoms with Crippen LogP contribution in [-0.4, -0.2) is 13.7 Å². The number of nitrogens with zero attached hydrogens (tertiary/aromatic N) is 3. The van der Waals surface area contributed by atoms with Gasteiger partial charge in [0.1, 0.15) is 5.65 Å². The van der Waals surface area contributed by atoms with Crippen molar-refractivity contribution in [1.29, 1.82) is 0 Å². The Morgan fingerprint density at radius 1 is 0.333 bits per heavy atom. The highest BCUT2D eigenvalue weighted by Crippen LogP contribution is 2.51. The highest BCUT2D eigenvalue weighted by molar-refractivity contribution is 7.99. The lowest BCUT2D eigenvalue weighted by molar-refractivity contribution is 1.03. The standard InChI is InChI=1S/C56H33N3S/c1-2-14-36-30-40(27-24-34(36)12-1)57-47-22-10-8-19-43(47)54-44-20-11-23-52-55(44)59(56(54)57)50-33-39(26-29-51(50)60-52)41-17-7-9-21-46(41)58-48-28-25-35-13-5-6-18-42(35)53(48)45-31-37-15-3-4-16-38(37)32-49(45)58/h1-33H. The molecule has 0 saturated heterocycles. The number of hydrogen-bond donors (Lipinski definition) is 0. The fraction of sp³-hybridized carbons (Fsp3) is 0. The second-order valence-electron chi connectivity index (χ2n) is 16.1. The molecule has 0 spiro atoms. The van der Waals surface area contributed by atoms with Crippen molar-refractivity contribution in [1.82, 2.24) is 13.7 Å². The third kappa shape index (κ3) is 4.35. The van der Waals surface area contributed by atoms with Gasteiger partial charge in [0.15, 0.2) is 0 Å². The first-order chi connectivity index (χ1) is 29.8. The van der Waals surface area contributed by atoms with Crippen molar-refractivity contribution in [2.45, 2.75) is 9.79 Å². The first-order valence-electron chi connectivity index (χ1n) is 20.6. The van der Waals surface area contributed by atoms with Crippen molar-refractivity contribution < 1.29 is 0 Å². The molecule has 13 aromatic rings. The van der Waals surface area contributed by atoms with E-state index in [1.54, 1.807) is 0 Å². The molecule has 10 aromatic carbocycles. The molecule has 0 fully saturated rings. The van der Waals surface area contributed by atoms with Crippen LogP contribution in [0.2, 0.25) is 0 Å². The van der Waals surface area contributed by atoms with Gasteiger partial charge in [-0.3, -0.25) is 9.13 Å². The van der Waals surface area contributed by atoms with Crippen LogP contribution in [0.4, 0.5) is 0 Å². The summed E-state index contributed by atoms with van der Waals surface area (Å²) in [7, 11) is 0. The molecule has 0 saturated carbocycles. The van der Waals surface area contributed by atoms with Gasteiger partial charge in [-0.15, -0.1) is 0 Å². The average molecular weight is 780 g/mol. The van der Waals surface area contributed by atoms with Gasteiger partial charge in [0.05, 0.1) is 33.4 Å². The Hall–Kier alpha value is -7.53. The average Bonchev–Trinajstić information content (AvgIpc) is 3.94. The maximum Gasteiger partial charge on any atom is 0.131 e. The van der Waals surface area contributed by atoms with E-state index in [1.165, 1.54) is 119 Å². The molecule has 0 amide bonds. The van der Waals surface area contributed by atoms with E-state index >= 15 is 0 Å². The number of rotatable bonds is 3. The topological polar surface area (TPSA) is 14.8 Å². The summed E-state index contributed by atoms with van der Waals surface area (Å²) in [6.07, 6.45) is 0. The van der Waals surface area contributed by atoms with Crippen LogP contribution in [0, 0.1) is 0 Å². The number of aromatic nitrogens is 3. The van der Waals surface area contributed by atoms with Gasteiger partial charge in [-0.25, -0.2) is 0 Å². The number of para-hydroxylation sites is 3. The minimum atomic E-state index is 1.16. The Morgan fingerprint density at radius 3 is 1.92 bits per heavy atom. The smallest absolute Gasteiger partial charge is 0.131 e. The second-order valence-corrected chi connectivity index (χ2v) is 17.2. The van der Waals surface area contributed by atoms with Crippen molar-refractivity contribution in [3.05, 3.63) is 200 Å². The van der Waals surface area contributed by atoms with Gasteiger partial charge in [-0.1, -0.05) is 151 Å². The van der Waals surface area contributed by atoms with E-state index in [2.05, 4.69) is 214 Å². The maximum atomic E-state index is 2.56. The Morgan fingerprint density at radius 2 is 1.03 bits per heavy atom. The third-order valence-electron chi connectivity index (χ3n) is 12.9. The summed E-state index contributed by atoms with van der Waals surface area (Å²) in [6.45, 7) is 0. The molecule has 60 heavy (non-hydrogen) atoms. The lowest BCUT2D eigenvalue weighted by Crippen LogP contribution is -2.06. The highest BCUT2D eigenvalue weighted by Gasteiger charge is 2.29. The Kier molecular flexibility index (Phi) is 6.49. The molecule has 0 aliphatic carbocycles. The predicted octanol–water partition coefficient (Wildman–Crippen LogP) is 15.4. The van der Waals surface area contributed by atoms with E-state index in [0.29, 0.717) is 0 Å². The van der Waals surface area contributed by atoms with Crippen molar-refractivity contribution >= 4 is 98.7 Å². The zero-order valence-electron chi connectivity index (χ0n) is 32.3. The van der Waals surface area contributed by atoms with Crippen LogP contribution in [0.15, 0.2) is 210 Å². The van der Waals surface area contributed by atoms with Crippen LogP contribution in [-0.2, 0) is 0 Å². The molecule has 4 heteroatoms. The van der Waals surface area contributed by atoms with Crippen LogP contribution in [0.5, 0.6) is 0 Å². The van der Waals surface area contributed by atoms with Crippen molar-refractivity contribution in [2.75, 3.05) is 0 Å². The van der Waals surface area contributed by atoms with E-state index in [1.807, 2.05) is 11.8 Å². The summed E-state index contributed by atoms with van der Waals surface area (Å²) in [4.78, 5) is 2.53. The lowest BCUT2D eigenvalue weighted by Gasteiger charge is -2.23. The third-order valence-corrected chi connectivity index (χ3v) is 14.1. The minimum absolute atomic E-state index is 1.16. The van der Waals surface area contributed by atoms with E-state index in [-0.39, 0.29) is 0 Å². The molecule has 3 aromatic heterocycles. The Balaban J connectivity index is 1.06. The molecule has 1 aliphatic rings. The molecular weight excluding hydrogens is 747 g/mol. The summed E-state index contributed by atoms with van der Waals surface area (Å²) < 4.78 is 7.56. The molecule has 3 nitrogen and oxygen atoms in total. The van der Waals surface area contributed by atoms with Gasteiger partial charge in [-0.2, -0.15) is 0 Å². The van der Waals surface area contributed by atoms with Gasteiger partial charge in [0.25, 0.3) is 0 Å². The minimum Gasteiger partial charge on any atom is -0.309 e. The van der Waals surface area contributed by atoms with Gasteiger partial charge < -0.3 is 4.57 Å². The zero-order chi connectivity index (χ0) is 39.1. The predicted molar refractivity (Wildman–Crippen MR) is 254 cm³/mol. The molecule has 0 unspecified atom stereocenters. The fourth-order valence-corrected chi connectivity index (χ4v) is 11.4. The summed E-state index contributed by atoms with van der Waals surface area (Å²) in [6, 6.07) is 74.3. The van der Waals surface area contributed by atoms with Crippen LogP contribution in [0.3, 0.4) is 0 Å². The first-order valence-corrected chi connectivity index (χ1v) is 21.4. The molecule has 1 aliphatic heterocycles. The van der Waals surface area contributed by atoms with Gasteiger partial charge in [0, 0.05) is 48.0 Å². The second kappa shape index (κ2) is 12.0. The molecule has 14 rings (SSSR count). The molecule has 0 radical (unpaired) electrons. The number of hydrogen-bond acceptors (Lipinski definition) is 1. The highest BCUT2D eigenvalue weighted by atomic mass is 32.2. The first kappa shape index (κ1) is 32.4. The van der Waals surface area contributed by atoms with Crippen molar-refractivity contribution in [3.63, 3.8) is 0 Å². The quantitative estimate of drug-likeness (QED) is 0.174. The van der Waals surface area contributed by atoms with E-state index < -0.39 is 0 Å². The summed E-state index contributed by atoms with van der Waals surface area (Å²) in [5.74, 6) is 0. The summed E-state index contributed by atoms with van der Waals surface area (Å²) in [5.41, 5.74) is 12.0. The number of fused-ring (bicyclic) bond motifs is 14. The zero-order valence-corrected chi connectivity index (χ0v) is 33.1. The summed E-state index contributed by atoms with van der Waals surface area (Å²) >= 11 is 1.88. The van der Waals surface area contributed by atoms with Gasteiger partial charge >= 0.3 is 0 Å². The molecule has 278 valence electrons. The monoisotopic (exact) mass is 779 g/mol. The van der Waals surface area contributed by atoms with E-state index in [4.69, 9.17) is 0 Å². The SMILES string of the molecule is c1ccc(-n2c3cc4ccccc4cc3c3c4ccccc4ccc32)c(-c2ccc3c(c2)-n2c4c(cccc4c4c5ccccc5n(-c5ccc6ccccc6c5)c42)S3)c1. The number of benzene rings is 10. The molecular formula is C56H33N3S.